The van der Waals surface area contributed by atoms with E-state index in [0.29, 0.717) is 0 Å². The molecule has 2 aliphatic carbocycles. The summed E-state index contributed by atoms with van der Waals surface area (Å²) in [4.78, 5) is 13.6. The average Bonchev–Trinajstić information content (AvgIpc) is 3.25. The van der Waals surface area contributed by atoms with Gasteiger partial charge in [-0.1, -0.05) is 44.6 Å². The topological polar surface area (TPSA) is 29.1 Å². The zero-order valence-corrected chi connectivity index (χ0v) is 13.7. The summed E-state index contributed by atoms with van der Waals surface area (Å²) in [6.07, 6.45) is 12.3. The molecule has 0 atom stereocenters. The van der Waals surface area contributed by atoms with E-state index in [-0.39, 0.29) is 11.3 Å². The van der Waals surface area contributed by atoms with Crippen LogP contribution in [0.4, 0.5) is 0 Å². The van der Waals surface area contributed by atoms with Gasteiger partial charge in [-0.15, -0.1) is 11.3 Å². The number of hydrogen-bond donors (Lipinski definition) is 1. The minimum absolute atomic E-state index is 0.233. The van der Waals surface area contributed by atoms with Crippen LogP contribution in [0.2, 0.25) is 0 Å². The molecule has 116 valence electrons. The molecule has 2 aliphatic rings. The third-order valence-corrected chi connectivity index (χ3v) is 6.60. The van der Waals surface area contributed by atoms with E-state index in [4.69, 9.17) is 0 Å². The lowest BCUT2D eigenvalue weighted by Crippen LogP contribution is -2.38. The van der Waals surface area contributed by atoms with Crippen LogP contribution in [0.5, 0.6) is 0 Å². The first kappa shape index (κ1) is 15.1. The fraction of sp³-hybridized carbons (Fsp3) is 0.722. The van der Waals surface area contributed by atoms with Gasteiger partial charge in [0.2, 0.25) is 5.91 Å². The molecular weight excluding hydrogens is 278 g/mol. The summed E-state index contributed by atoms with van der Waals surface area (Å²) in [6.45, 7) is 0.844. The number of amides is 1. The van der Waals surface area contributed by atoms with Crippen LogP contribution in [-0.4, -0.2) is 12.5 Å². The zero-order valence-electron chi connectivity index (χ0n) is 12.9. The van der Waals surface area contributed by atoms with Crippen LogP contribution in [0.1, 0.15) is 69.1 Å². The van der Waals surface area contributed by atoms with E-state index >= 15 is 0 Å². The molecule has 2 fully saturated rings. The highest BCUT2D eigenvalue weighted by molar-refractivity contribution is 7.10. The molecule has 0 aromatic carbocycles. The summed E-state index contributed by atoms with van der Waals surface area (Å²) in [5.41, 5.74) is 0.233. The maximum Gasteiger partial charge on any atom is 0.220 e. The van der Waals surface area contributed by atoms with Crippen molar-refractivity contribution in [3.63, 3.8) is 0 Å². The van der Waals surface area contributed by atoms with Gasteiger partial charge in [0.25, 0.3) is 0 Å². The van der Waals surface area contributed by atoms with Gasteiger partial charge in [-0.3, -0.25) is 4.79 Å². The molecule has 0 bridgehead atoms. The molecule has 1 heterocycles. The molecule has 1 aromatic heterocycles. The zero-order chi connectivity index (χ0) is 14.5. The van der Waals surface area contributed by atoms with Gasteiger partial charge in [0.1, 0.15) is 0 Å². The van der Waals surface area contributed by atoms with Gasteiger partial charge in [-0.2, -0.15) is 0 Å². The van der Waals surface area contributed by atoms with E-state index < -0.39 is 0 Å². The van der Waals surface area contributed by atoms with Gasteiger partial charge in [0, 0.05) is 23.3 Å². The van der Waals surface area contributed by atoms with Crippen LogP contribution in [0.3, 0.4) is 0 Å². The molecule has 1 amide bonds. The fourth-order valence-electron chi connectivity index (χ4n) is 4.13. The van der Waals surface area contributed by atoms with Crippen molar-refractivity contribution >= 4 is 17.2 Å². The second kappa shape index (κ2) is 6.95. The Morgan fingerprint density at radius 2 is 2.00 bits per heavy atom. The lowest BCUT2D eigenvalue weighted by atomic mass is 9.84. The lowest BCUT2D eigenvalue weighted by molar-refractivity contribution is -0.121. The van der Waals surface area contributed by atoms with Crippen LogP contribution in [0, 0.1) is 5.92 Å². The van der Waals surface area contributed by atoms with Crippen LogP contribution >= 0.6 is 11.3 Å². The molecule has 3 rings (SSSR count). The number of thiophene rings is 1. The molecule has 0 radical (unpaired) electrons. The Morgan fingerprint density at radius 3 is 2.67 bits per heavy atom. The van der Waals surface area contributed by atoms with Crippen LogP contribution in [0.15, 0.2) is 17.5 Å². The maximum absolute atomic E-state index is 12.2. The van der Waals surface area contributed by atoms with Crippen LogP contribution in [-0.2, 0) is 10.2 Å². The summed E-state index contributed by atoms with van der Waals surface area (Å²) in [5, 5.41) is 5.41. The molecule has 1 N–H and O–H groups in total. The molecule has 2 nitrogen and oxygen atoms in total. The summed E-state index contributed by atoms with van der Waals surface area (Å²) >= 11 is 1.85. The highest BCUT2D eigenvalue weighted by atomic mass is 32.1. The van der Waals surface area contributed by atoms with E-state index in [1.165, 1.54) is 56.2 Å². The van der Waals surface area contributed by atoms with Crippen LogP contribution < -0.4 is 5.32 Å². The molecule has 1 aromatic rings. The number of rotatable bonds is 6. The number of carbonyl (C=O) groups excluding carboxylic acids is 1. The molecule has 0 spiro atoms. The van der Waals surface area contributed by atoms with Crippen molar-refractivity contribution in [1.29, 1.82) is 0 Å². The first-order valence-corrected chi connectivity index (χ1v) is 9.47. The molecule has 0 aliphatic heterocycles. The van der Waals surface area contributed by atoms with Crippen molar-refractivity contribution in [2.75, 3.05) is 6.54 Å². The normalized spacial score (nSPS) is 21.7. The molecule has 21 heavy (non-hydrogen) atoms. The fourth-order valence-corrected chi connectivity index (χ4v) is 5.12. The summed E-state index contributed by atoms with van der Waals surface area (Å²) in [7, 11) is 0. The van der Waals surface area contributed by atoms with Crippen molar-refractivity contribution in [2.24, 2.45) is 5.92 Å². The predicted octanol–water partition coefficient (Wildman–Crippen LogP) is 4.65. The Morgan fingerprint density at radius 1 is 1.24 bits per heavy atom. The van der Waals surface area contributed by atoms with E-state index in [0.717, 1.165) is 25.3 Å². The van der Waals surface area contributed by atoms with Crippen molar-refractivity contribution in [3.8, 4) is 0 Å². The van der Waals surface area contributed by atoms with Crippen molar-refractivity contribution < 1.29 is 4.79 Å². The summed E-state index contributed by atoms with van der Waals surface area (Å²) < 4.78 is 0. The Kier molecular flexibility index (Phi) is 4.99. The summed E-state index contributed by atoms with van der Waals surface area (Å²) in [6, 6.07) is 4.39. The van der Waals surface area contributed by atoms with E-state index in [2.05, 4.69) is 22.8 Å². The quantitative estimate of drug-likeness (QED) is 0.814. The van der Waals surface area contributed by atoms with Gasteiger partial charge in [0.05, 0.1) is 0 Å². The largest absolute Gasteiger partial charge is 0.355 e. The Balaban J connectivity index is 1.49. The second-order valence-electron chi connectivity index (χ2n) is 6.93. The highest BCUT2D eigenvalue weighted by Gasteiger charge is 2.36. The smallest absolute Gasteiger partial charge is 0.220 e. The van der Waals surface area contributed by atoms with Crippen LogP contribution in [0.25, 0.3) is 0 Å². The third kappa shape index (κ3) is 3.68. The second-order valence-corrected chi connectivity index (χ2v) is 7.88. The Labute approximate surface area is 132 Å². The molecular formula is C18H27NOS. The molecule has 0 saturated heterocycles. The third-order valence-electron chi connectivity index (χ3n) is 5.48. The standard InChI is InChI=1S/C18H27NOS/c20-17(10-9-15-6-1-2-7-15)19-14-18(11-3-4-12-18)16-8-5-13-21-16/h5,8,13,15H,1-4,6-7,9-12,14H2,(H,19,20). The van der Waals surface area contributed by atoms with E-state index in [1.54, 1.807) is 0 Å². The highest BCUT2D eigenvalue weighted by Crippen LogP contribution is 2.42. The number of hydrogen-bond acceptors (Lipinski definition) is 2. The molecule has 3 heteroatoms. The first-order chi connectivity index (χ1) is 10.3. The van der Waals surface area contributed by atoms with Gasteiger partial charge in [0.15, 0.2) is 0 Å². The Bertz CT molecular complexity index is 442. The molecule has 0 unspecified atom stereocenters. The maximum atomic E-state index is 12.2. The lowest BCUT2D eigenvalue weighted by Gasteiger charge is -2.28. The monoisotopic (exact) mass is 305 g/mol. The van der Waals surface area contributed by atoms with Gasteiger partial charge in [-0.25, -0.2) is 0 Å². The average molecular weight is 305 g/mol. The SMILES string of the molecule is O=C(CCC1CCCC1)NCC1(c2cccs2)CCCC1. The van der Waals surface area contributed by atoms with E-state index in [9.17, 15) is 4.79 Å². The summed E-state index contributed by atoms with van der Waals surface area (Å²) in [5.74, 6) is 1.08. The minimum Gasteiger partial charge on any atom is -0.355 e. The van der Waals surface area contributed by atoms with Gasteiger partial charge >= 0.3 is 0 Å². The van der Waals surface area contributed by atoms with E-state index in [1.807, 2.05) is 11.3 Å². The van der Waals surface area contributed by atoms with Gasteiger partial charge in [-0.05, 0) is 36.6 Å². The van der Waals surface area contributed by atoms with Crippen molar-refractivity contribution in [3.05, 3.63) is 22.4 Å². The predicted molar refractivity (Wildman–Crippen MR) is 88.7 cm³/mol. The minimum atomic E-state index is 0.233. The first-order valence-electron chi connectivity index (χ1n) is 8.59. The number of nitrogens with one attached hydrogen (secondary N) is 1. The number of carbonyl (C=O) groups is 1. The Hall–Kier alpha value is -0.830. The van der Waals surface area contributed by atoms with Crippen molar-refractivity contribution in [2.45, 2.75) is 69.6 Å². The molecule has 2 saturated carbocycles. The van der Waals surface area contributed by atoms with Gasteiger partial charge < -0.3 is 5.32 Å². The van der Waals surface area contributed by atoms with Crippen molar-refractivity contribution in [1.82, 2.24) is 5.32 Å².